The minimum absolute atomic E-state index is 0.218. The number of pyridine rings is 1. The number of fused-ring (bicyclic) bond motifs is 1. The molecule has 0 aliphatic heterocycles. The average molecular weight is 436 g/mol. The Morgan fingerprint density at radius 1 is 1.06 bits per heavy atom. The van der Waals surface area contributed by atoms with Crippen molar-refractivity contribution in [3.8, 4) is 11.4 Å². The number of amides is 1. The highest BCUT2D eigenvalue weighted by Crippen LogP contribution is 2.26. The Labute approximate surface area is 182 Å². The molecule has 0 unspecified atom stereocenters. The first kappa shape index (κ1) is 20.7. The van der Waals surface area contributed by atoms with Gasteiger partial charge in [0.1, 0.15) is 16.9 Å². The monoisotopic (exact) mass is 435 g/mol. The molecule has 4 aromatic rings. The summed E-state index contributed by atoms with van der Waals surface area (Å²) < 4.78 is 7.25. The SMILES string of the molecule is CCCn1c(=O)c2snc(-c3ccccn3)c2n(CC(=O)NCc2ccccc2)c1=O. The van der Waals surface area contributed by atoms with E-state index in [9.17, 15) is 14.4 Å². The zero-order valence-electron chi connectivity index (χ0n) is 16.9. The lowest BCUT2D eigenvalue weighted by molar-refractivity contribution is -0.121. The van der Waals surface area contributed by atoms with Crippen LogP contribution in [0, 0.1) is 0 Å². The zero-order chi connectivity index (χ0) is 21.8. The van der Waals surface area contributed by atoms with E-state index in [1.807, 2.05) is 37.3 Å². The maximum absolute atomic E-state index is 13.2. The van der Waals surface area contributed by atoms with E-state index in [1.165, 1.54) is 9.13 Å². The van der Waals surface area contributed by atoms with Crippen molar-refractivity contribution in [2.24, 2.45) is 0 Å². The molecule has 1 aromatic carbocycles. The Morgan fingerprint density at radius 3 is 2.55 bits per heavy atom. The molecule has 3 heterocycles. The third-order valence-corrected chi connectivity index (χ3v) is 5.65. The van der Waals surface area contributed by atoms with E-state index in [2.05, 4.69) is 14.7 Å². The van der Waals surface area contributed by atoms with Crippen LogP contribution in [0.4, 0.5) is 0 Å². The molecule has 0 fully saturated rings. The summed E-state index contributed by atoms with van der Waals surface area (Å²) in [7, 11) is 0. The number of nitrogens with zero attached hydrogens (tertiary/aromatic N) is 4. The van der Waals surface area contributed by atoms with E-state index < -0.39 is 5.69 Å². The van der Waals surface area contributed by atoms with Gasteiger partial charge in [0.2, 0.25) is 5.91 Å². The van der Waals surface area contributed by atoms with Gasteiger partial charge in [0.25, 0.3) is 5.56 Å². The Balaban J connectivity index is 1.78. The highest BCUT2D eigenvalue weighted by Gasteiger charge is 2.22. The molecule has 0 aliphatic rings. The fourth-order valence-corrected chi connectivity index (χ4v) is 4.21. The summed E-state index contributed by atoms with van der Waals surface area (Å²) in [6, 6.07) is 14.9. The topological polar surface area (TPSA) is 98.9 Å². The van der Waals surface area contributed by atoms with Gasteiger partial charge in [-0.05, 0) is 35.6 Å². The van der Waals surface area contributed by atoms with E-state index in [0.29, 0.717) is 34.6 Å². The number of carbonyl (C=O) groups excluding carboxylic acids is 1. The molecule has 1 amide bonds. The predicted molar refractivity (Wildman–Crippen MR) is 120 cm³/mol. The highest BCUT2D eigenvalue weighted by molar-refractivity contribution is 7.13. The Kier molecular flexibility index (Phi) is 6.03. The van der Waals surface area contributed by atoms with Crippen LogP contribution in [0.2, 0.25) is 0 Å². The van der Waals surface area contributed by atoms with Crippen LogP contribution in [-0.2, 0) is 24.4 Å². The Hall–Kier alpha value is -3.59. The summed E-state index contributed by atoms with van der Waals surface area (Å²) in [6.45, 7) is 2.29. The number of hydrogen-bond acceptors (Lipinski definition) is 6. The second kappa shape index (κ2) is 9.05. The van der Waals surface area contributed by atoms with Crippen LogP contribution >= 0.6 is 11.5 Å². The summed E-state index contributed by atoms with van der Waals surface area (Å²) >= 11 is 1.02. The van der Waals surface area contributed by atoms with Crippen LogP contribution in [0.25, 0.3) is 21.6 Å². The van der Waals surface area contributed by atoms with E-state index >= 15 is 0 Å². The Bertz CT molecular complexity index is 1330. The summed E-state index contributed by atoms with van der Waals surface area (Å²) in [5, 5.41) is 2.84. The molecule has 4 rings (SSSR count). The molecule has 0 radical (unpaired) electrons. The van der Waals surface area contributed by atoms with Crippen molar-refractivity contribution in [1.82, 2.24) is 23.8 Å². The van der Waals surface area contributed by atoms with Gasteiger partial charge in [-0.3, -0.25) is 23.7 Å². The third-order valence-electron chi connectivity index (χ3n) is 4.83. The van der Waals surface area contributed by atoms with Crippen molar-refractivity contribution >= 4 is 27.7 Å². The van der Waals surface area contributed by atoms with Crippen molar-refractivity contribution in [2.45, 2.75) is 33.0 Å². The van der Waals surface area contributed by atoms with Crippen LogP contribution in [0.1, 0.15) is 18.9 Å². The van der Waals surface area contributed by atoms with E-state index in [4.69, 9.17) is 0 Å². The van der Waals surface area contributed by atoms with E-state index in [-0.39, 0.29) is 24.6 Å². The van der Waals surface area contributed by atoms with Gasteiger partial charge in [0, 0.05) is 19.3 Å². The van der Waals surface area contributed by atoms with Crippen LogP contribution in [0.15, 0.2) is 64.3 Å². The van der Waals surface area contributed by atoms with Gasteiger partial charge < -0.3 is 5.32 Å². The second-order valence-electron chi connectivity index (χ2n) is 7.01. The van der Waals surface area contributed by atoms with Gasteiger partial charge >= 0.3 is 5.69 Å². The predicted octanol–water partition coefficient (Wildman–Crippen LogP) is 2.41. The smallest absolute Gasteiger partial charge is 0.332 e. The maximum atomic E-state index is 13.2. The summed E-state index contributed by atoms with van der Waals surface area (Å²) in [6.07, 6.45) is 2.24. The van der Waals surface area contributed by atoms with E-state index in [1.54, 1.807) is 24.4 Å². The molecule has 1 N–H and O–H groups in total. The van der Waals surface area contributed by atoms with Gasteiger partial charge in [-0.15, -0.1) is 0 Å². The largest absolute Gasteiger partial charge is 0.350 e. The molecule has 0 spiro atoms. The molecule has 0 saturated heterocycles. The number of carbonyl (C=O) groups is 1. The maximum Gasteiger partial charge on any atom is 0.332 e. The first-order valence-electron chi connectivity index (χ1n) is 9.95. The standard InChI is InChI=1S/C22H21N5O3S/c1-2-12-26-21(29)20-19(18(25-31-20)16-10-6-7-11-23-16)27(22(26)30)14-17(28)24-13-15-8-4-3-5-9-15/h3-11H,2,12-14H2,1H3,(H,24,28). The minimum atomic E-state index is -0.522. The molecular formula is C22H21N5O3S. The molecule has 31 heavy (non-hydrogen) atoms. The summed E-state index contributed by atoms with van der Waals surface area (Å²) in [5.41, 5.74) is 1.36. The number of hydrogen-bond donors (Lipinski definition) is 1. The lowest BCUT2D eigenvalue weighted by Crippen LogP contribution is -2.42. The number of rotatable bonds is 7. The average Bonchev–Trinajstić information content (AvgIpc) is 3.25. The van der Waals surface area contributed by atoms with Gasteiger partial charge in [-0.2, -0.15) is 4.37 Å². The van der Waals surface area contributed by atoms with Gasteiger partial charge in [-0.25, -0.2) is 4.79 Å². The second-order valence-corrected chi connectivity index (χ2v) is 7.79. The summed E-state index contributed by atoms with van der Waals surface area (Å²) in [4.78, 5) is 43.1. The summed E-state index contributed by atoms with van der Waals surface area (Å²) in [5.74, 6) is -0.327. The van der Waals surface area contributed by atoms with Crippen LogP contribution in [0.3, 0.4) is 0 Å². The zero-order valence-corrected chi connectivity index (χ0v) is 17.8. The van der Waals surface area contributed by atoms with Gasteiger partial charge in [0.05, 0.1) is 11.2 Å². The molecule has 158 valence electrons. The Morgan fingerprint density at radius 2 is 1.84 bits per heavy atom. The molecule has 0 saturated carbocycles. The van der Waals surface area contributed by atoms with Crippen molar-refractivity contribution in [1.29, 1.82) is 0 Å². The third kappa shape index (κ3) is 4.17. The van der Waals surface area contributed by atoms with Crippen molar-refractivity contribution < 1.29 is 4.79 Å². The van der Waals surface area contributed by atoms with Crippen LogP contribution < -0.4 is 16.6 Å². The van der Waals surface area contributed by atoms with Crippen molar-refractivity contribution in [3.63, 3.8) is 0 Å². The molecule has 0 aliphatic carbocycles. The van der Waals surface area contributed by atoms with Crippen molar-refractivity contribution in [3.05, 3.63) is 81.1 Å². The van der Waals surface area contributed by atoms with Crippen molar-refractivity contribution in [2.75, 3.05) is 0 Å². The molecule has 9 heteroatoms. The fraction of sp³-hybridized carbons (Fsp3) is 0.227. The quantitative estimate of drug-likeness (QED) is 0.481. The molecule has 8 nitrogen and oxygen atoms in total. The first-order chi connectivity index (χ1) is 15.1. The molecular weight excluding hydrogens is 414 g/mol. The fourth-order valence-electron chi connectivity index (χ4n) is 3.36. The van der Waals surface area contributed by atoms with Crippen LogP contribution in [-0.4, -0.2) is 24.4 Å². The lowest BCUT2D eigenvalue weighted by Gasteiger charge is -2.13. The number of benzene rings is 1. The molecule has 0 bridgehead atoms. The van der Waals surface area contributed by atoms with Crippen LogP contribution in [0.5, 0.6) is 0 Å². The van der Waals surface area contributed by atoms with E-state index in [0.717, 1.165) is 17.1 Å². The minimum Gasteiger partial charge on any atom is -0.350 e. The number of nitrogens with one attached hydrogen (secondary N) is 1. The first-order valence-corrected chi connectivity index (χ1v) is 10.7. The molecule has 0 atom stereocenters. The highest BCUT2D eigenvalue weighted by atomic mass is 32.1. The normalized spacial score (nSPS) is 11.0. The lowest BCUT2D eigenvalue weighted by atomic mass is 10.2. The van der Waals surface area contributed by atoms with Gasteiger partial charge in [0.15, 0.2) is 0 Å². The molecule has 3 aromatic heterocycles. The van der Waals surface area contributed by atoms with Gasteiger partial charge in [-0.1, -0.05) is 43.3 Å². The number of aromatic nitrogens is 4.